The highest BCUT2D eigenvalue weighted by Gasteiger charge is 2.12. The van der Waals surface area contributed by atoms with Crippen molar-refractivity contribution >= 4 is 43.1 Å². The number of nitrogens with two attached hydrogens (primary N) is 2. The molecule has 0 radical (unpaired) electrons. The molecule has 1 heterocycles. The highest BCUT2D eigenvalue weighted by atomic mass is 32.3. The molecule has 20 heavy (non-hydrogen) atoms. The molecule has 0 aliphatic carbocycles. The first-order valence-electron chi connectivity index (χ1n) is 5.09. The molecule has 1 aromatic heterocycles. The fourth-order valence-electron chi connectivity index (χ4n) is 1.32. The third-order valence-corrected chi connectivity index (χ3v) is 6.80. The van der Waals surface area contributed by atoms with E-state index in [-0.39, 0.29) is 9.10 Å². The van der Waals surface area contributed by atoms with Crippen LogP contribution in [0.1, 0.15) is 0 Å². The Morgan fingerprint density at radius 2 is 1.45 bits per heavy atom. The van der Waals surface area contributed by atoms with Gasteiger partial charge in [0.25, 0.3) is 0 Å². The van der Waals surface area contributed by atoms with Crippen LogP contribution in [0.15, 0.2) is 54.6 Å². The fourth-order valence-corrected chi connectivity index (χ4v) is 4.83. The lowest BCUT2D eigenvalue weighted by Crippen LogP contribution is -2.11. The number of sulfonamides is 2. The van der Waals surface area contributed by atoms with E-state index in [1.165, 1.54) is 30.0 Å². The third-order valence-electron chi connectivity index (χ3n) is 2.21. The largest absolute Gasteiger partial charge is 0.247 e. The van der Waals surface area contributed by atoms with Crippen LogP contribution in [0.4, 0.5) is 0 Å². The SMILES string of the molecule is NS(=O)(=O)c1ccc(Sc2ccc(S(N)(=O)=O)s2)cc1. The van der Waals surface area contributed by atoms with E-state index >= 15 is 0 Å². The van der Waals surface area contributed by atoms with Crippen molar-refractivity contribution in [2.75, 3.05) is 0 Å². The zero-order valence-electron chi connectivity index (χ0n) is 9.88. The summed E-state index contributed by atoms with van der Waals surface area (Å²) in [6.07, 6.45) is 0. The van der Waals surface area contributed by atoms with Gasteiger partial charge in [-0.3, -0.25) is 0 Å². The van der Waals surface area contributed by atoms with Gasteiger partial charge in [0.05, 0.1) is 9.10 Å². The molecule has 1 aromatic carbocycles. The number of primary sulfonamides is 2. The molecular formula is C10H10N2O4S4. The molecule has 2 aromatic rings. The Balaban J connectivity index is 2.21. The lowest BCUT2D eigenvalue weighted by Gasteiger charge is -2.01. The average Bonchev–Trinajstić information content (AvgIpc) is 2.77. The van der Waals surface area contributed by atoms with Gasteiger partial charge in [0.1, 0.15) is 4.21 Å². The summed E-state index contributed by atoms with van der Waals surface area (Å²) in [5.74, 6) is 0. The Morgan fingerprint density at radius 1 is 0.850 bits per heavy atom. The second-order valence-electron chi connectivity index (χ2n) is 3.74. The van der Waals surface area contributed by atoms with E-state index < -0.39 is 20.0 Å². The smallest absolute Gasteiger partial charge is 0.225 e. The molecule has 0 amide bonds. The van der Waals surface area contributed by atoms with Crippen molar-refractivity contribution in [3.8, 4) is 0 Å². The maximum atomic E-state index is 11.2. The Kier molecular flexibility index (Phi) is 4.23. The van der Waals surface area contributed by atoms with Gasteiger partial charge in [0, 0.05) is 4.90 Å². The summed E-state index contributed by atoms with van der Waals surface area (Å²) in [5.41, 5.74) is 0. The molecule has 4 N–H and O–H groups in total. The molecule has 0 saturated carbocycles. The second-order valence-corrected chi connectivity index (χ2v) is 9.54. The highest BCUT2D eigenvalue weighted by molar-refractivity contribution is 8.01. The Bertz CT molecular complexity index is 822. The van der Waals surface area contributed by atoms with Gasteiger partial charge in [-0.1, -0.05) is 11.8 Å². The molecule has 10 heteroatoms. The minimum atomic E-state index is -3.71. The second kappa shape index (κ2) is 5.47. The van der Waals surface area contributed by atoms with Crippen LogP contribution >= 0.6 is 23.1 Å². The van der Waals surface area contributed by atoms with E-state index in [1.807, 2.05) is 0 Å². The standard InChI is InChI=1S/C10H10N2O4S4/c11-19(13,14)8-3-1-7(2-4-8)17-9-5-6-10(18-9)20(12,15)16/h1-6H,(H2,11,13,14)(H2,12,15,16). The molecule has 0 fully saturated rings. The molecule has 6 nitrogen and oxygen atoms in total. The molecule has 0 unspecified atom stereocenters. The predicted molar refractivity (Wildman–Crippen MR) is 77.6 cm³/mol. The van der Waals surface area contributed by atoms with Gasteiger partial charge in [-0.05, 0) is 36.4 Å². The van der Waals surface area contributed by atoms with Crippen LogP contribution in [0.5, 0.6) is 0 Å². The first kappa shape index (κ1) is 15.5. The van der Waals surface area contributed by atoms with E-state index in [1.54, 1.807) is 18.2 Å². The van der Waals surface area contributed by atoms with E-state index in [0.717, 1.165) is 20.4 Å². The molecular weight excluding hydrogens is 340 g/mol. The zero-order valence-corrected chi connectivity index (χ0v) is 13.2. The Morgan fingerprint density at radius 3 is 1.90 bits per heavy atom. The normalized spacial score (nSPS) is 12.5. The number of hydrogen-bond donors (Lipinski definition) is 2. The van der Waals surface area contributed by atoms with Crippen molar-refractivity contribution < 1.29 is 16.8 Å². The van der Waals surface area contributed by atoms with Gasteiger partial charge < -0.3 is 0 Å². The van der Waals surface area contributed by atoms with Crippen molar-refractivity contribution in [3.63, 3.8) is 0 Å². The third kappa shape index (κ3) is 3.81. The molecule has 108 valence electrons. The maximum absolute atomic E-state index is 11.2. The van der Waals surface area contributed by atoms with E-state index in [9.17, 15) is 16.8 Å². The first-order valence-corrected chi connectivity index (χ1v) is 9.82. The van der Waals surface area contributed by atoms with Gasteiger partial charge in [-0.2, -0.15) is 0 Å². The summed E-state index contributed by atoms with van der Waals surface area (Å²) < 4.78 is 45.3. The summed E-state index contributed by atoms with van der Waals surface area (Å²) in [4.78, 5) is 0.790. The maximum Gasteiger partial charge on any atom is 0.247 e. The zero-order chi connectivity index (χ0) is 15.0. The topological polar surface area (TPSA) is 120 Å². The molecule has 0 aliphatic rings. The minimum Gasteiger partial charge on any atom is -0.225 e. The van der Waals surface area contributed by atoms with Crippen LogP contribution in [0.25, 0.3) is 0 Å². The van der Waals surface area contributed by atoms with Gasteiger partial charge in [0.15, 0.2) is 0 Å². The van der Waals surface area contributed by atoms with Crippen molar-refractivity contribution in [3.05, 3.63) is 36.4 Å². The number of benzene rings is 1. The van der Waals surface area contributed by atoms with Crippen molar-refractivity contribution in [1.29, 1.82) is 0 Å². The lowest BCUT2D eigenvalue weighted by molar-refractivity contribution is 0.596. The highest BCUT2D eigenvalue weighted by Crippen LogP contribution is 2.34. The van der Waals surface area contributed by atoms with Crippen molar-refractivity contribution in [2.24, 2.45) is 10.3 Å². The van der Waals surface area contributed by atoms with Gasteiger partial charge in [-0.25, -0.2) is 27.1 Å². The summed E-state index contributed by atoms with van der Waals surface area (Å²) >= 11 is 2.36. The molecule has 0 bridgehead atoms. The van der Waals surface area contributed by atoms with Gasteiger partial charge >= 0.3 is 0 Å². The predicted octanol–water partition coefficient (Wildman–Crippen LogP) is 1.19. The fraction of sp³-hybridized carbons (Fsp3) is 0. The lowest BCUT2D eigenvalue weighted by atomic mass is 10.4. The monoisotopic (exact) mass is 350 g/mol. The summed E-state index contributed by atoms with van der Waals surface area (Å²) in [7, 11) is -7.40. The van der Waals surface area contributed by atoms with Gasteiger partial charge in [-0.15, -0.1) is 11.3 Å². The van der Waals surface area contributed by atoms with Crippen LogP contribution in [-0.2, 0) is 20.0 Å². The van der Waals surface area contributed by atoms with Gasteiger partial charge in [0.2, 0.25) is 20.0 Å². The van der Waals surface area contributed by atoms with Crippen molar-refractivity contribution in [2.45, 2.75) is 18.2 Å². The molecule has 0 aliphatic heterocycles. The summed E-state index contributed by atoms with van der Waals surface area (Å²) in [6, 6.07) is 9.06. The van der Waals surface area contributed by atoms with Crippen LogP contribution < -0.4 is 10.3 Å². The quantitative estimate of drug-likeness (QED) is 0.858. The van der Waals surface area contributed by atoms with Crippen LogP contribution in [0, 0.1) is 0 Å². The summed E-state index contributed by atoms with van der Waals surface area (Å²) in [5, 5.41) is 10.0. The minimum absolute atomic E-state index is 0.0262. The Hall–Kier alpha value is -0.910. The Labute approximate surface area is 124 Å². The summed E-state index contributed by atoms with van der Waals surface area (Å²) in [6.45, 7) is 0. The number of hydrogen-bond acceptors (Lipinski definition) is 6. The number of rotatable bonds is 4. The molecule has 0 saturated heterocycles. The van der Waals surface area contributed by atoms with Crippen LogP contribution in [-0.4, -0.2) is 16.8 Å². The molecule has 2 rings (SSSR count). The van der Waals surface area contributed by atoms with E-state index in [2.05, 4.69) is 0 Å². The van der Waals surface area contributed by atoms with Crippen LogP contribution in [0.2, 0.25) is 0 Å². The first-order chi connectivity index (χ1) is 9.16. The van der Waals surface area contributed by atoms with Crippen molar-refractivity contribution in [1.82, 2.24) is 0 Å². The van der Waals surface area contributed by atoms with E-state index in [4.69, 9.17) is 10.3 Å². The number of thiophene rings is 1. The molecule has 0 spiro atoms. The molecule has 0 atom stereocenters. The van der Waals surface area contributed by atoms with Crippen LogP contribution in [0.3, 0.4) is 0 Å². The average molecular weight is 350 g/mol. The van der Waals surface area contributed by atoms with E-state index in [0.29, 0.717) is 0 Å².